The van der Waals surface area contributed by atoms with Gasteiger partial charge in [-0.05, 0) is 116 Å². The molecule has 2 aromatic heterocycles. The Morgan fingerprint density at radius 3 is 2.44 bits per heavy atom. The Kier molecular flexibility index (Phi) is 12.7. The van der Waals surface area contributed by atoms with Gasteiger partial charge in [0.15, 0.2) is 10.6 Å². The quantitative estimate of drug-likeness (QED) is 0.0291. The number of rotatable bonds is 16. The van der Waals surface area contributed by atoms with Crippen LogP contribution in [0.3, 0.4) is 0 Å². The van der Waals surface area contributed by atoms with Crippen LogP contribution in [0.5, 0.6) is 0 Å². The lowest BCUT2D eigenvalue weighted by Gasteiger charge is -2.24. The van der Waals surface area contributed by atoms with Gasteiger partial charge >= 0.3 is 0 Å². The average molecular weight is 912 g/mol. The van der Waals surface area contributed by atoms with Crippen molar-refractivity contribution in [3.63, 3.8) is 0 Å². The smallest absolute Gasteiger partial charge is 0.290 e. The number of halogens is 9. The summed E-state index contributed by atoms with van der Waals surface area (Å²) in [6.45, 7) is 1.53. The number of carbonyl (C=O) groups is 1. The van der Waals surface area contributed by atoms with E-state index in [1.165, 1.54) is 36.4 Å². The number of hydrogen-bond acceptors (Lipinski definition) is 8. The second-order valence-electron chi connectivity index (χ2n) is 15.5. The molecule has 1 amide bonds. The van der Waals surface area contributed by atoms with Crippen molar-refractivity contribution >= 4 is 63.1 Å². The predicted octanol–water partition coefficient (Wildman–Crippen LogP) is 8.84. The molecule has 0 radical (unpaired) electrons. The van der Waals surface area contributed by atoms with E-state index in [-0.39, 0.29) is 62.5 Å². The topological polar surface area (TPSA) is 131 Å². The van der Waals surface area contributed by atoms with Crippen LogP contribution in [0.1, 0.15) is 56.1 Å². The van der Waals surface area contributed by atoms with Crippen LogP contribution in [0, 0.1) is 40.7 Å². The molecule has 324 valence electrons. The predicted molar refractivity (Wildman–Crippen MR) is 219 cm³/mol. The highest BCUT2D eigenvalue weighted by atomic mass is 35.5. The number of anilines is 1. The van der Waals surface area contributed by atoms with E-state index in [9.17, 15) is 35.7 Å². The summed E-state index contributed by atoms with van der Waals surface area (Å²) in [6.07, 6.45) is -3.30. The van der Waals surface area contributed by atoms with Gasteiger partial charge in [0.1, 0.15) is 29.6 Å². The molecule has 9 nitrogen and oxygen atoms in total. The lowest BCUT2D eigenvalue weighted by molar-refractivity contribution is -0.121. The van der Waals surface area contributed by atoms with Crippen molar-refractivity contribution in [2.75, 3.05) is 17.5 Å². The largest absolute Gasteiger partial charge is 0.615 e. The summed E-state index contributed by atoms with van der Waals surface area (Å²) in [6, 6.07) is 7.39. The van der Waals surface area contributed by atoms with Gasteiger partial charge < -0.3 is 19.9 Å². The zero-order valence-corrected chi connectivity index (χ0v) is 35.0. The average Bonchev–Trinajstić information content (AvgIpc) is 4.11. The first kappa shape index (κ1) is 44.5. The number of alkyl halides is 6. The normalized spacial score (nSPS) is 19.1. The van der Waals surface area contributed by atoms with Gasteiger partial charge in [-0.3, -0.25) is 14.9 Å². The highest BCUT2D eigenvalue weighted by molar-refractivity contribution is 8.01. The van der Waals surface area contributed by atoms with E-state index >= 15 is 8.78 Å². The Bertz CT molecular complexity index is 2460. The summed E-state index contributed by atoms with van der Waals surface area (Å²) in [5.41, 5.74) is -2.07. The Balaban J connectivity index is 1.36. The van der Waals surface area contributed by atoms with Crippen LogP contribution in [-0.2, 0) is 28.9 Å². The molecule has 2 aromatic carbocycles. The molecule has 4 unspecified atom stereocenters. The van der Waals surface area contributed by atoms with Crippen molar-refractivity contribution in [3.05, 3.63) is 87.3 Å². The molecule has 4 N–H and O–H groups in total. The van der Waals surface area contributed by atoms with Crippen molar-refractivity contribution < 1.29 is 44.5 Å². The molecule has 4 aromatic rings. The third kappa shape index (κ3) is 9.62. The van der Waals surface area contributed by atoms with Gasteiger partial charge in [0, 0.05) is 33.9 Å². The number of pyridine rings is 1. The monoisotopic (exact) mass is 911 g/mol. The van der Waals surface area contributed by atoms with Crippen LogP contribution in [0.15, 0.2) is 53.7 Å². The van der Waals surface area contributed by atoms with Crippen molar-refractivity contribution in [2.45, 2.75) is 80.9 Å². The molecular weight excluding hydrogens is 874 g/mol. The van der Waals surface area contributed by atoms with E-state index in [2.05, 4.69) is 32.3 Å². The number of aromatic nitrogens is 3. The van der Waals surface area contributed by atoms with E-state index in [1.54, 1.807) is 19.9 Å². The molecule has 3 aliphatic rings. The van der Waals surface area contributed by atoms with Crippen molar-refractivity contribution in [1.29, 1.82) is 5.41 Å². The van der Waals surface area contributed by atoms with Gasteiger partial charge in [-0.25, -0.2) is 31.3 Å². The molecule has 7 rings (SSSR count). The molecule has 2 fully saturated rings. The van der Waals surface area contributed by atoms with E-state index in [1.807, 2.05) is 0 Å². The third-order valence-corrected chi connectivity index (χ3v) is 13.6. The molecule has 20 heteroatoms. The number of nitrogens with one attached hydrogen (secondary N) is 4. The first-order chi connectivity index (χ1) is 28.7. The molecule has 61 heavy (non-hydrogen) atoms. The summed E-state index contributed by atoms with van der Waals surface area (Å²) >= 11 is 6.67. The lowest BCUT2D eigenvalue weighted by atomic mass is 9.93. The van der Waals surface area contributed by atoms with Gasteiger partial charge in [0.05, 0.1) is 46.2 Å². The van der Waals surface area contributed by atoms with Crippen LogP contribution in [0.2, 0.25) is 5.02 Å². The Morgan fingerprint density at radius 1 is 1.11 bits per heavy atom. The van der Waals surface area contributed by atoms with E-state index in [4.69, 9.17) is 22.0 Å². The summed E-state index contributed by atoms with van der Waals surface area (Å²) < 4.78 is 131. The molecule has 0 aliphatic heterocycles. The van der Waals surface area contributed by atoms with E-state index in [0.29, 0.717) is 11.5 Å². The molecule has 0 bridgehead atoms. The van der Waals surface area contributed by atoms with Gasteiger partial charge in [-0.15, -0.1) is 0 Å². The molecule has 2 heterocycles. The fraction of sp³-hybridized carbons (Fsp3) is 0.415. The molecule has 3 aliphatic carbocycles. The Morgan fingerprint density at radius 2 is 1.80 bits per heavy atom. The highest BCUT2D eigenvalue weighted by Crippen LogP contribution is 2.62. The number of allylic oxidation sites excluding steroid dienone is 2. The van der Waals surface area contributed by atoms with Gasteiger partial charge in [0.25, 0.3) is 18.8 Å². The van der Waals surface area contributed by atoms with Gasteiger partial charge in [0.2, 0.25) is 5.91 Å². The van der Waals surface area contributed by atoms with E-state index in [0.717, 1.165) is 29.7 Å². The van der Waals surface area contributed by atoms with Crippen molar-refractivity contribution in [3.8, 4) is 23.0 Å². The fourth-order valence-electron chi connectivity index (χ4n) is 7.21. The SMILES string of the molecule is C[S+]([O-])C(C)(C)C#Cc1ccc(-c2ccc(Cl)c3c(NSC4CC4)nn(CC(F)F)c23)c(C(Cc2cc(F)cc(F)c2)NC(=O)CNC2=C(C(=N)C(F)F)C3CC3C2(F)F)n1. The lowest BCUT2D eigenvalue weighted by Crippen LogP contribution is -2.41. The van der Waals surface area contributed by atoms with Crippen LogP contribution >= 0.6 is 23.5 Å². The second-order valence-corrected chi connectivity index (χ2v) is 19.0. The number of carbonyl (C=O) groups excluding carboxylic acids is 1. The highest BCUT2D eigenvalue weighted by Gasteiger charge is 2.66. The molecule has 0 saturated heterocycles. The summed E-state index contributed by atoms with van der Waals surface area (Å²) in [4.78, 5) is 18.6. The van der Waals surface area contributed by atoms with Gasteiger partial charge in [-0.2, -0.15) is 13.9 Å². The molecule has 0 spiro atoms. The van der Waals surface area contributed by atoms with Gasteiger partial charge in [-0.1, -0.05) is 17.7 Å². The number of nitrogens with zero attached hydrogens (tertiary/aromatic N) is 3. The van der Waals surface area contributed by atoms with Crippen LogP contribution in [0.4, 0.5) is 40.9 Å². The molecule has 4 atom stereocenters. The molecular formula is C41H38ClF8N7O2S2. The Labute approximate surface area is 357 Å². The maximum Gasteiger partial charge on any atom is 0.290 e. The minimum absolute atomic E-state index is 0.0117. The number of fused-ring (bicyclic) bond motifs is 2. The second kappa shape index (κ2) is 17.3. The first-order valence-corrected chi connectivity index (χ1v) is 21.8. The Hall–Kier alpha value is -4.51. The minimum atomic E-state index is -3.62. The zero-order valence-electron chi connectivity index (χ0n) is 32.6. The third-order valence-electron chi connectivity index (χ3n) is 10.6. The molecule has 2 saturated carbocycles. The number of hydrogen-bond donors (Lipinski definition) is 4. The minimum Gasteiger partial charge on any atom is -0.615 e. The van der Waals surface area contributed by atoms with Crippen LogP contribution in [0.25, 0.3) is 22.0 Å². The summed E-state index contributed by atoms with van der Waals surface area (Å²) in [7, 11) is 0. The number of benzene rings is 2. The standard InChI is InChI=1S/C41H38ClF8N7O2S2/c1-40(2,61(3)59)11-10-22-4-7-24(25-8-9-28(42)33-36(25)57(18-30(45)46)55-39(33)56-60-23-5-6-23)35(53-22)29(14-19-12-20(43)15-21(44)13-19)54-31(58)17-52-37-32(34(51)38(47)48)26-16-27(26)41(37,49)50/h4,7-9,12-13,15,23,26-27,29-30,38,51-52H,5-6,14,16-18H2,1-3H3,(H,54,58)(H,55,56). The van der Waals surface area contributed by atoms with E-state index < -0.39 is 100 Å². The van der Waals surface area contributed by atoms with Crippen LogP contribution < -0.4 is 15.4 Å². The summed E-state index contributed by atoms with van der Waals surface area (Å²) in [5.74, 6) is -2.77. The first-order valence-electron chi connectivity index (χ1n) is 19.0. The number of amides is 1. The fourth-order valence-corrected chi connectivity index (χ4v) is 8.44. The maximum atomic E-state index is 15.3. The zero-order chi connectivity index (χ0) is 44.1. The van der Waals surface area contributed by atoms with Crippen LogP contribution in [-0.4, -0.2) is 72.5 Å². The van der Waals surface area contributed by atoms with Crippen molar-refractivity contribution in [2.24, 2.45) is 11.8 Å². The summed E-state index contributed by atoms with van der Waals surface area (Å²) in [5, 5.41) is 18.0. The van der Waals surface area contributed by atoms with Crippen molar-refractivity contribution in [1.82, 2.24) is 25.4 Å². The maximum absolute atomic E-state index is 15.3.